The Hall–Kier alpha value is -2.15. The molecule has 7 heteroatoms. The Labute approximate surface area is 132 Å². The number of hydrogen-bond acceptors (Lipinski definition) is 5. The molecule has 0 aliphatic heterocycles. The first kappa shape index (κ1) is 15.7. The Kier molecular flexibility index (Phi) is 4.47. The second-order valence-electron chi connectivity index (χ2n) is 5.53. The van der Waals surface area contributed by atoms with E-state index in [1.54, 1.807) is 19.1 Å². The molecule has 0 saturated heterocycles. The fourth-order valence-electron chi connectivity index (χ4n) is 2.18. The lowest BCUT2D eigenvalue weighted by Gasteiger charge is -2.12. The Morgan fingerprint density at radius 2 is 2.13 bits per heavy atom. The number of benzene rings is 1. The molecule has 23 heavy (non-hydrogen) atoms. The van der Waals surface area contributed by atoms with Crippen molar-refractivity contribution in [1.29, 1.82) is 0 Å². The highest BCUT2D eigenvalue weighted by atomic mass is 19.3. The van der Waals surface area contributed by atoms with Gasteiger partial charge in [-0.3, -0.25) is 0 Å². The number of halogens is 2. The second-order valence-corrected chi connectivity index (χ2v) is 5.53. The standard InChI is InChI=1S/C16H18F2N2O3/c1-9-14(7-19)22-15(20-9)11-4-5-12(23-16(17)18)13(6-11)21-8-10-2-3-10/h4-6,10,16H,2-3,7-8,19H2,1H3. The summed E-state index contributed by atoms with van der Waals surface area (Å²) < 4.78 is 40.8. The molecule has 2 N–H and O–H groups in total. The quantitative estimate of drug-likeness (QED) is 0.844. The first-order valence-electron chi connectivity index (χ1n) is 7.45. The summed E-state index contributed by atoms with van der Waals surface area (Å²) in [6, 6.07) is 4.64. The summed E-state index contributed by atoms with van der Waals surface area (Å²) in [6.07, 6.45) is 2.20. The highest BCUT2D eigenvalue weighted by molar-refractivity contribution is 5.60. The SMILES string of the molecule is Cc1nc(-c2ccc(OC(F)F)c(OCC3CC3)c2)oc1CN. The van der Waals surface area contributed by atoms with Crippen LogP contribution >= 0.6 is 0 Å². The zero-order chi connectivity index (χ0) is 16.4. The minimum absolute atomic E-state index is 0.00623. The molecular weight excluding hydrogens is 306 g/mol. The van der Waals surface area contributed by atoms with E-state index < -0.39 is 6.61 Å². The van der Waals surface area contributed by atoms with E-state index in [-0.39, 0.29) is 18.0 Å². The van der Waals surface area contributed by atoms with Crippen LogP contribution in [0.1, 0.15) is 24.3 Å². The van der Waals surface area contributed by atoms with Crippen molar-refractivity contribution >= 4 is 0 Å². The van der Waals surface area contributed by atoms with E-state index in [0.717, 1.165) is 12.8 Å². The summed E-state index contributed by atoms with van der Waals surface area (Å²) in [7, 11) is 0. The van der Waals surface area contributed by atoms with Gasteiger partial charge in [-0.05, 0) is 43.9 Å². The summed E-state index contributed by atoms with van der Waals surface area (Å²) in [6.45, 7) is -0.372. The van der Waals surface area contributed by atoms with E-state index in [0.29, 0.717) is 35.4 Å². The van der Waals surface area contributed by atoms with Crippen LogP contribution in [0.2, 0.25) is 0 Å². The maximum Gasteiger partial charge on any atom is 0.387 e. The molecule has 0 bridgehead atoms. The molecule has 1 aliphatic carbocycles. The molecule has 2 aromatic rings. The molecule has 0 unspecified atom stereocenters. The van der Waals surface area contributed by atoms with E-state index in [9.17, 15) is 8.78 Å². The summed E-state index contributed by atoms with van der Waals surface area (Å²) in [5.74, 6) is 1.73. The van der Waals surface area contributed by atoms with Gasteiger partial charge in [0.05, 0.1) is 18.8 Å². The molecule has 1 fully saturated rings. The van der Waals surface area contributed by atoms with Crippen molar-refractivity contribution in [3.05, 3.63) is 29.7 Å². The van der Waals surface area contributed by atoms with Gasteiger partial charge in [-0.25, -0.2) is 4.98 Å². The Bertz CT molecular complexity index is 684. The van der Waals surface area contributed by atoms with E-state index in [1.165, 1.54) is 6.07 Å². The number of nitrogens with two attached hydrogens (primary N) is 1. The second kappa shape index (κ2) is 6.54. The molecule has 1 heterocycles. The minimum Gasteiger partial charge on any atom is -0.489 e. The third-order valence-electron chi connectivity index (χ3n) is 3.66. The predicted octanol–water partition coefficient (Wildman–Crippen LogP) is 3.50. The Morgan fingerprint density at radius 3 is 2.74 bits per heavy atom. The summed E-state index contributed by atoms with van der Waals surface area (Å²) in [5, 5.41) is 0. The van der Waals surface area contributed by atoms with E-state index in [1.807, 2.05) is 0 Å². The van der Waals surface area contributed by atoms with Crippen molar-refractivity contribution in [3.8, 4) is 23.0 Å². The number of aryl methyl sites for hydroxylation is 1. The minimum atomic E-state index is -2.91. The van der Waals surface area contributed by atoms with Crippen LogP contribution in [0.4, 0.5) is 8.78 Å². The number of nitrogens with zero attached hydrogens (tertiary/aromatic N) is 1. The van der Waals surface area contributed by atoms with Gasteiger partial charge in [0, 0.05) is 5.56 Å². The third kappa shape index (κ3) is 3.79. The van der Waals surface area contributed by atoms with Gasteiger partial charge in [0.2, 0.25) is 5.89 Å². The molecule has 1 aliphatic rings. The van der Waals surface area contributed by atoms with Crippen LogP contribution in [0, 0.1) is 12.8 Å². The highest BCUT2D eigenvalue weighted by Gasteiger charge is 2.23. The van der Waals surface area contributed by atoms with Crippen LogP contribution in [0.25, 0.3) is 11.5 Å². The maximum absolute atomic E-state index is 12.5. The van der Waals surface area contributed by atoms with Crippen LogP contribution in [0.5, 0.6) is 11.5 Å². The average molecular weight is 324 g/mol. The van der Waals surface area contributed by atoms with Gasteiger partial charge in [-0.15, -0.1) is 0 Å². The number of ether oxygens (including phenoxy) is 2. The first-order chi connectivity index (χ1) is 11.1. The number of rotatable bonds is 7. The first-order valence-corrected chi connectivity index (χ1v) is 7.45. The van der Waals surface area contributed by atoms with Crippen molar-refractivity contribution in [1.82, 2.24) is 4.98 Å². The Balaban J connectivity index is 1.88. The molecule has 0 radical (unpaired) electrons. The molecule has 5 nitrogen and oxygen atoms in total. The van der Waals surface area contributed by atoms with Gasteiger partial charge in [0.1, 0.15) is 5.76 Å². The third-order valence-corrected chi connectivity index (χ3v) is 3.66. The molecule has 1 aromatic heterocycles. The van der Waals surface area contributed by atoms with Gasteiger partial charge in [-0.1, -0.05) is 0 Å². The van der Waals surface area contributed by atoms with Crippen LogP contribution in [0.15, 0.2) is 22.6 Å². The summed E-state index contributed by atoms with van der Waals surface area (Å²) >= 11 is 0. The van der Waals surface area contributed by atoms with Crippen molar-refractivity contribution < 1.29 is 22.7 Å². The van der Waals surface area contributed by atoms with Crippen molar-refractivity contribution in [2.24, 2.45) is 11.7 Å². The van der Waals surface area contributed by atoms with E-state index >= 15 is 0 Å². The number of oxazole rings is 1. The normalized spacial score (nSPS) is 14.3. The van der Waals surface area contributed by atoms with Gasteiger partial charge >= 0.3 is 6.61 Å². The molecule has 1 saturated carbocycles. The summed E-state index contributed by atoms with van der Waals surface area (Å²) in [4.78, 5) is 4.30. The molecular formula is C16H18F2N2O3. The zero-order valence-corrected chi connectivity index (χ0v) is 12.7. The number of hydrogen-bond donors (Lipinski definition) is 1. The van der Waals surface area contributed by atoms with Crippen LogP contribution in [-0.2, 0) is 6.54 Å². The van der Waals surface area contributed by atoms with Gasteiger partial charge in [0.15, 0.2) is 11.5 Å². The molecule has 1 aromatic carbocycles. The monoisotopic (exact) mass is 324 g/mol. The highest BCUT2D eigenvalue weighted by Crippen LogP contribution is 2.36. The lowest BCUT2D eigenvalue weighted by molar-refractivity contribution is -0.0515. The van der Waals surface area contributed by atoms with Crippen molar-refractivity contribution in [3.63, 3.8) is 0 Å². The number of alkyl halides is 2. The van der Waals surface area contributed by atoms with Crippen LogP contribution in [-0.4, -0.2) is 18.2 Å². The fourth-order valence-corrected chi connectivity index (χ4v) is 2.18. The molecule has 0 atom stereocenters. The van der Waals surface area contributed by atoms with Gasteiger partial charge in [-0.2, -0.15) is 8.78 Å². The predicted molar refractivity (Wildman–Crippen MR) is 79.4 cm³/mol. The van der Waals surface area contributed by atoms with Gasteiger partial charge < -0.3 is 19.6 Å². The average Bonchev–Trinajstić information content (AvgIpc) is 3.27. The van der Waals surface area contributed by atoms with Crippen molar-refractivity contribution in [2.45, 2.75) is 32.9 Å². The Morgan fingerprint density at radius 1 is 1.35 bits per heavy atom. The number of aromatic nitrogens is 1. The lowest BCUT2D eigenvalue weighted by Crippen LogP contribution is -2.06. The van der Waals surface area contributed by atoms with Crippen LogP contribution in [0.3, 0.4) is 0 Å². The molecule has 124 valence electrons. The largest absolute Gasteiger partial charge is 0.489 e. The molecule has 0 spiro atoms. The summed E-state index contributed by atoms with van der Waals surface area (Å²) in [5.41, 5.74) is 6.91. The zero-order valence-electron chi connectivity index (χ0n) is 12.7. The van der Waals surface area contributed by atoms with E-state index in [2.05, 4.69) is 9.72 Å². The van der Waals surface area contributed by atoms with E-state index in [4.69, 9.17) is 14.9 Å². The molecule has 3 rings (SSSR count). The smallest absolute Gasteiger partial charge is 0.387 e. The topological polar surface area (TPSA) is 70.5 Å². The van der Waals surface area contributed by atoms with Crippen LogP contribution < -0.4 is 15.2 Å². The fraction of sp³-hybridized carbons (Fsp3) is 0.438. The van der Waals surface area contributed by atoms with Crippen molar-refractivity contribution in [2.75, 3.05) is 6.61 Å². The lowest BCUT2D eigenvalue weighted by atomic mass is 10.2. The maximum atomic E-state index is 12.5. The van der Waals surface area contributed by atoms with Gasteiger partial charge in [0.25, 0.3) is 0 Å². The molecule has 0 amide bonds.